The van der Waals surface area contributed by atoms with Crippen molar-refractivity contribution in [2.75, 3.05) is 26.3 Å². The first-order chi connectivity index (χ1) is 12.3. The second kappa shape index (κ2) is 11.4. The van der Waals surface area contributed by atoms with E-state index in [0.717, 1.165) is 19.3 Å². The zero-order valence-electron chi connectivity index (χ0n) is 15.9. The highest BCUT2D eigenvalue weighted by atomic mass is 16.6. The van der Waals surface area contributed by atoms with Crippen LogP contribution in [0.4, 0.5) is 4.79 Å². The van der Waals surface area contributed by atoms with E-state index < -0.39 is 17.7 Å². The molecule has 0 aliphatic carbocycles. The maximum absolute atomic E-state index is 11.6. The fourth-order valence-electron chi connectivity index (χ4n) is 2.04. The normalized spacial score (nSPS) is 10.9. The summed E-state index contributed by atoms with van der Waals surface area (Å²) in [6, 6.07) is 7.61. The van der Waals surface area contributed by atoms with Crippen LogP contribution in [0.15, 0.2) is 24.3 Å². The maximum Gasteiger partial charge on any atom is 0.407 e. The summed E-state index contributed by atoms with van der Waals surface area (Å²) in [5, 5.41) is 2.51. The van der Waals surface area contributed by atoms with E-state index in [9.17, 15) is 9.59 Å². The Morgan fingerprint density at radius 2 is 1.81 bits per heavy atom. The molecule has 0 bridgehead atoms. The lowest BCUT2D eigenvalue weighted by atomic mass is 10.1. The average Bonchev–Trinajstić information content (AvgIpc) is 2.57. The van der Waals surface area contributed by atoms with Crippen LogP contribution in [0.25, 0.3) is 0 Å². The van der Waals surface area contributed by atoms with Gasteiger partial charge in [0.1, 0.15) is 18.0 Å². The lowest BCUT2D eigenvalue weighted by molar-refractivity contribution is -0.145. The number of hydrogen-bond acceptors (Lipinski definition) is 6. The molecule has 1 aromatic carbocycles. The molecule has 7 nitrogen and oxygen atoms in total. The van der Waals surface area contributed by atoms with Gasteiger partial charge in [0.2, 0.25) is 0 Å². The summed E-state index contributed by atoms with van der Waals surface area (Å²) >= 11 is 0. The van der Waals surface area contributed by atoms with Gasteiger partial charge in [0, 0.05) is 0 Å². The minimum absolute atomic E-state index is 0.0571. The number of unbranched alkanes of at least 4 members (excludes halogenated alkanes) is 1. The summed E-state index contributed by atoms with van der Waals surface area (Å²) in [5.74, 6) is 0.111. The zero-order valence-corrected chi connectivity index (χ0v) is 15.9. The monoisotopic (exact) mass is 366 g/mol. The Balaban J connectivity index is 2.17. The molecule has 26 heavy (non-hydrogen) atoms. The highest BCUT2D eigenvalue weighted by Crippen LogP contribution is 2.14. The number of esters is 1. The SMILES string of the molecule is CC(C)(C)OC(=O)NCCOC(=O)COc1ccc(CCCCN)cc1. The number of carbonyl (C=O) groups is 2. The molecule has 0 aliphatic heterocycles. The van der Waals surface area contributed by atoms with Crippen LogP contribution >= 0.6 is 0 Å². The Hall–Kier alpha value is -2.28. The molecule has 0 spiro atoms. The number of nitrogens with one attached hydrogen (secondary N) is 1. The molecular formula is C19H30N2O5. The lowest BCUT2D eigenvalue weighted by Gasteiger charge is -2.19. The molecule has 0 heterocycles. The minimum Gasteiger partial charge on any atom is -0.482 e. The highest BCUT2D eigenvalue weighted by molar-refractivity contribution is 5.71. The van der Waals surface area contributed by atoms with Gasteiger partial charge in [0.25, 0.3) is 0 Å². The van der Waals surface area contributed by atoms with Gasteiger partial charge in [-0.05, 0) is 64.3 Å². The van der Waals surface area contributed by atoms with E-state index in [-0.39, 0.29) is 19.8 Å². The quantitative estimate of drug-likeness (QED) is 0.487. The van der Waals surface area contributed by atoms with Crippen LogP contribution in [-0.4, -0.2) is 44.0 Å². The van der Waals surface area contributed by atoms with Crippen LogP contribution in [0.1, 0.15) is 39.2 Å². The summed E-state index contributed by atoms with van der Waals surface area (Å²) in [6.45, 7) is 6.08. The number of benzene rings is 1. The second-order valence-corrected chi connectivity index (χ2v) is 6.83. The third-order valence-corrected chi connectivity index (χ3v) is 3.23. The van der Waals surface area contributed by atoms with Crippen molar-refractivity contribution in [2.24, 2.45) is 5.73 Å². The number of rotatable bonds is 10. The lowest BCUT2D eigenvalue weighted by Crippen LogP contribution is -2.34. The van der Waals surface area contributed by atoms with Crippen molar-refractivity contribution < 1.29 is 23.8 Å². The average molecular weight is 366 g/mol. The Kier molecular flexibility index (Phi) is 9.51. The van der Waals surface area contributed by atoms with Gasteiger partial charge in [-0.1, -0.05) is 12.1 Å². The number of aryl methyl sites for hydroxylation is 1. The van der Waals surface area contributed by atoms with Crippen molar-refractivity contribution in [3.05, 3.63) is 29.8 Å². The van der Waals surface area contributed by atoms with E-state index in [1.54, 1.807) is 20.8 Å². The van der Waals surface area contributed by atoms with Gasteiger partial charge in [-0.2, -0.15) is 0 Å². The van der Waals surface area contributed by atoms with Crippen LogP contribution < -0.4 is 15.8 Å². The number of hydrogen-bond donors (Lipinski definition) is 2. The molecule has 0 saturated carbocycles. The summed E-state index contributed by atoms with van der Waals surface area (Å²) in [7, 11) is 0. The minimum atomic E-state index is -0.561. The predicted octanol–water partition coefficient (Wildman–Crippen LogP) is 2.41. The van der Waals surface area contributed by atoms with Crippen LogP contribution in [0.2, 0.25) is 0 Å². The molecule has 1 aromatic rings. The topological polar surface area (TPSA) is 99.9 Å². The maximum atomic E-state index is 11.6. The van der Waals surface area contributed by atoms with Crippen molar-refractivity contribution in [3.8, 4) is 5.75 Å². The standard InChI is InChI=1S/C19H30N2O5/c1-19(2,3)26-18(23)21-12-13-24-17(22)14-25-16-9-7-15(8-10-16)6-4-5-11-20/h7-10H,4-6,11-14,20H2,1-3H3,(H,21,23). The molecule has 0 atom stereocenters. The van der Waals surface area contributed by atoms with Crippen molar-refractivity contribution >= 4 is 12.1 Å². The molecule has 0 aliphatic rings. The van der Waals surface area contributed by atoms with Gasteiger partial charge in [-0.15, -0.1) is 0 Å². The first-order valence-corrected chi connectivity index (χ1v) is 8.84. The highest BCUT2D eigenvalue weighted by Gasteiger charge is 2.15. The van der Waals surface area contributed by atoms with Crippen molar-refractivity contribution in [2.45, 2.75) is 45.6 Å². The molecule has 0 aromatic heterocycles. The molecule has 0 fully saturated rings. The van der Waals surface area contributed by atoms with Crippen molar-refractivity contribution in [3.63, 3.8) is 0 Å². The van der Waals surface area contributed by atoms with Crippen LogP contribution in [0, 0.1) is 0 Å². The first kappa shape index (κ1) is 21.8. The fourth-order valence-corrected chi connectivity index (χ4v) is 2.04. The first-order valence-electron chi connectivity index (χ1n) is 8.84. The fraction of sp³-hybridized carbons (Fsp3) is 0.579. The smallest absolute Gasteiger partial charge is 0.407 e. The predicted molar refractivity (Wildman–Crippen MR) is 99.1 cm³/mol. The summed E-state index contributed by atoms with van der Waals surface area (Å²) in [5.41, 5.74) is 6.13. The van der Waals surface area contributed by atoms with E-state index in [0.29, 0.717) is 12.3 Å². The molecule has 0 unspecified atom stereocenters. The molecule has 7 heteroatoms. The summed E-state index contributed by atoms with van der Waals surface area (Å²) < 4.78 is 15.4. The van der Waals surface area contributed by atoms with Crippen molar-refractivity contribution in [1.82, 2.24) is 5.32 Å². The molecule has 1 rings (SSSR count). The number of amides is 1. The van der Waals surface area contributed by atoms with Gasteiger partial charge in [0.15, 0.2) is 6.61 Å². The molecule has 146 valence electrons. The van der Waals surface area contributed by atoms with Crippen LogP contribution in [0.5, 0.6) is 5.75 Å². The van der Waals surface area contributed by atoms with E-state index in [4.69, 9.17) is 19.9 Å². The molecule has 0 saturated heterocycles. The van der Waals surface area contributed by atoms with Crippen LogP contribution in [-0.2, 0) is 20.7 Å². The van der Waals surface area contributed by atoms with Gasteiger partial charge >= 0.3 is 12.1 Å². The number of nitrogens with two attached hydrogens (primary N) is 1. The van der Waals surface area contributed by atoms with E-state index in [1.165, 1.54) is 5.56 Å². The number of carbonyl (C=O) groups excluding carboxylic acids is 2. The Morgan fingerprint density at radius 3 is 2.42 bits per heavy atom. The molecule has 3 N–H and O–H groups in total. The van der Waals surface area contributed by atoms with Crippen molar-refractivity contribution in [1.29, 1.82) is 0 Å². The third-order valence-electron chi connectivity index (χ3n) is 3.23. The summed E-state index contributed by atoms with van der Waals surface area (Å²) in [4.78, 5) is 23.0. The van der Waals surface area contributed by atoms with E-state index in [2.05, 4.69) is 5.32 Å². The summed E-state index contributed by atoms with van der Waals surface area (Å²) in [6.07, 6.45) is 2.49. The molecular weight excluding hydrogens is 336 g/mol. The number of ether oxygens (including phenoxy) is 3. The Labute approximate surface area is 155 Å². The zero-order chi connectivity index (χ0) is 19.4. The van der Waals surface area contributed by atoms with Gasteiger partial charge in [-0.3, -0.25) is 0 Å². The Morgan fingerprint density at radius 1 is 1.12 bits per heavy atom. The van der Waals surface area contributed by atoms with E-state index >= 15 is 0 Å². The van der Waals surface area contributed by atoms with Gasteiger partial charge < -0.3 is 25.3 Å². The van der Waals surface area contributed by atoms with Crippen LogP contribution in [0.3, 0.4) is 0 Å². The Bertz CT molecular complexity index is 552. The third kappa shape index (κ3) is 10.6. The number of alkyl carbamates (subject to hydrolysis) is 1. The second-order valence-electron chi connectivity index (χ2n) is 6.83. The van der Waals surface area contributed by atoms with E-state index in [1.807, 2.05) is 24.3 Å². The van der Waals surface area contributed by atoms with Gasteiger partial charge in [-0.25, -0.2) is 9.59 Å². The largest absolute Gasteiger partial charge is 0.482 e. The van der Waals surface area contributed by atoms with Gasteiger partial charge in [0.05, 0.1) is 6.54 Å². The molecule has 1 amide bonds. The molecule has 0 radical (unpaired) electrons.